The van der Waals surface area contributed by atoms with E-state index in [9.17, 15) is 0 Å². The molecule has 0 aliphatic carbocycles. The predicted molar refractivity (Wildman–Crippen MR) is 67.7 cm³/mol. The minimum Gasteiger partial charge on any atom is -0.497 e. The molecule has 2 rings (SSSR count). The molecule has 0 bridgehead atoms. The molecule has 2 N–H and O–H groups in total. The topological polar surface area (TPSA) is 75.2 Å². The van der Waals surface area contributed by atoms with Crippen LogP contribution in [0.3, 0.4) is 0 Å². The standard InChI is InChI=1S/C12H16N4O2/c1-9-12(13)14-15-16(9)7-8-18-11-5-3-10(17-2)4-6-11/h3-6H,7-8,13H2,1-2H3. The van der Waals surface area contributed by atoms with Gasteiger partial charge in [-0.05, 0) is 31.2 Å². The molecule has 0 saturated carbocycles. The minimum atomic E-state index is 0.458. The molecule has 0 spiro atoms. The first-order valence-electron chi connectivity index (χ1n) is 5.63. The lowest BCUT2D eigenvalue weighted by Crippen LogP contribution is -2.11. The molecule has 6 heteroatoms. The Morgan fingerprint density at radius 2 is 1.89 bits per heavy atom. The van der Waals surface area contributed by atoms with Crippen molar-refractivity contribution in [3.05, 3.63) is 30.0 Å². The third kappa shape index (κ3) is 2.71. The maximum absolute atomic E-state index is 5.61. The van der Waals surface area contributed by atoms with E-state index >= 15 is 0 Å². The highest BCUT2D eigenvalue weighted by molar-refractivity contribution is 5.32. The van der Waals surface area contributed by atoms with Gasteiger partial charge in [-0.25, -0.2) is 4.68 Å². The average molecular weight is 248 g/mol. The number of anilines is 1. The van der Waals surface area contributed by atoms with Crippen LogP contribution in [0.4, 0.5) is 5.82 Å². The summed E-state index contributed by atoms with van der Waals surface area (Å²) in [4.78, 5) is 0. The molecule has 0 aliphatic heterocycles. The zero-order valence-corrected chi connectivity index (χ0v) is 10.5. The molecule has 0 atom stereocenters. The minimum absolute atomic E-state index is 0.458. The Balaban J connectivity index is 1.86. The van der Waals surface area contributed by atoms with Crippen LogP contribution in [0.2, 0.25) is 0 Å². The Morgan fingerprint density at radius 1 is 1.22 bits per heavy atom. The van der Waals surface area contributed by atoms with Crippen molar-refractivity contribution in [3.8, 4) is 11.5 Å². The summed E-state index contributed by atoms with van der Waals surface area (Å²) in [6.07, 6.45) is 0. The number of hydrogen-bond acceptors (Lipinski definition) is 5. The second-order valence-corrected chi connectivity index (χ2v) is 3.81. The third-order valence-corrected chi connectivity index (χ3v) is 2.65. The van der Waals surface area contributed by atoms with Crippen molar-refractivity contribution in [3.63, 3.8) is 0 Å². The molecule has 0 aliphatic rings. The molecule has 96 valence electrons. The predicted octanol–water partition coefficient (Wildman–Crippen LogP) is 1.26. The third-order valence-electron chi connectivity index (χ3n) is 2.65. The summed E-state index contributed by atoms with van der Waals surface area (Å²) in [7, 11) is 1.63. The lowest BCUT2D eigenvalue weighted by atomic mass is 10.3. The van der Waals surface area contributed by atoms with Crippen LogP contribution < -0.4 is 15.2 Å². The van der Waals surface area contributed by atoms with Gasteiger partial charge in [0, 0.05) is 0 Å². The maximum atomic E-state index is 5.61. The number of aromatic nitrogens is 3. The Labute approximate surface area is 105 Å². The first-order chi connectivity index (χ1) is 8.70. The van der Waals surface area contributed by atoms with E-state index in [0.717, 1.165) is 17.2 Å². The van der Waals surface area contributed by atoms with Gasteiger partial charge in [-0.3, -0.25) is 0 Å². The first-order valence-corrected chi connectivity index (χ1v) is 5.63. The maximum Gasteiger partial charge on any atom is 0.168 e. The van der Waals surface area contributed by atoms with Gasteiger partial charge in [-0.15, -0.1) is 5.10 Å². The summed E-state index contributed by atoms with van der Waals surface area (Å²) in [6.45, 7) is 3.00. The zero-order chi connectivity index (χ0) is 13.0. The van der Waals surface area contributed by atoms with Crippen LogP contribution in [-0.2, 0) is 6.54 Å². The highest BCUT2D eigenvalue weighted by Gasteiger charge is 2.04. The van der Waals surface area contributed by atoms with E-state index in [2.05, 4.69) is 10.3 Å². The summed E-state index contributed by atoms with van der Waals surface area (Å²) in [5.41, 5.74) is 6.46. The molecule has 1 aromatic heterocycles. The van der Waals surface area contributed by atoms with Crippen molar-refractivity contribution in [1.29, 1.82) is 0 Å². The number of methoxy groups -OCH3 is 1. The van der Waals surface area contributed by atoms with Crippen molar-refractivity contribution in [2.24, 2.45) is 0 Å². The van der Waals surface area contributed by atoms with Crippen molar-refractivity contribution in [2.75, 3.05) is 19.5 Å². The lowest BCUT2D eigenvalue weighted by molar-refractivity contribution is 0.287. The second kappa shape index (κ2) is 5.39. The number of rotatable bonds is 5. The van der Waals surface area contributed by atoms with Crippen LogP contribution in [-0.4, -0.2) is 28.7 Å². The Hall–Kier alpha value is -2.24. The van der Waals surface area contributed by atoms with Gasteiger partial charge in [-0.2, -0.15) is 0 Å². The van der Waals surface area contributed by atoms with E-state index in [-0.39, 0.29) is 0 Å². The van der Waals surface area contributed by atoms with Gasteiger partial charge in [0.2, 0.25) is 0 Å². The molecule has 6 nitrogen and oxygen atoms in total. The van der Waals surface area contributed by atoms with Gasteiger partial charge in [0.25, 0.3) is 0 Å². The van der Waals surface area contributed by atoms with E-state index in [1.54, 1.807) is 11.8 Å². The molecule has 18 heavy (non-hydrogen) atoms. The Kier molecular flexibility index (Phi) is 3.66. The van der Waals surface area contributed by atoms with Gasteiger partial charge in [0.1, 0.15) is 18.1 Å². The summed E-state index contributed by atoms with van der Waals surface area (Å²) in [5, 5.41) is 7.70. The van der Waals surface area contributed by atoms with Crippen molar-refractivity contribution in [2.45, 2.75) is 13.5 Å². The molecule has 1 heterocycles. The molecular weight excluding hydrogens is 232 g/mol. The fourth-order valence-corrected chi connectivity index (χ4v) is 1.51. The molecular formula is C12H16N4O2. The Morgan fingerprint density at radius 3 is 2.44 bits per heavy atom. The molecule has 0 saturated heterocycles. The monoisotopic (exact) mass is 248 g/mol. The zero-order valence-electron chi connectivity index (χ0n) is 10.5. The van der Waals surface area contributed by atoms with Gasteiger partial charge in [0.05, 0.1) is 19.3 Å². The first kappa shape index (κ1) is 12.2. The highest BCUT2D eigenvalue weighted by atomic mass is 16.5. The normalized spacial score (nSPS) is 10.3. The molecule has 0 radical (unpaired) electrons. The Bertz CT molecular complexity index is 507. The highest BCUT2D eigenvalue weighted by Crippen LogP contribution is 2.17. The fraction of sp³-hybridized carbons (Fsp3) is 0.333. The smallest absolute Gasteiger partial charge is 0.168 e. The number of ether oxygens (including phenoxy) is 2. The van der Waals surface area contributed by atoms with E-state index in [0.29, 0.717) is 19.0 Å². The molecule has 0 amide bonds. The number of nitrogen functional groups attached to an aromatic ring is 1. The van der Waals surface area contributed by atoms with Crippen LogP contribution in [0.5, 0.6) is 11.5 Å². The molecule has 2 aromatic rings. The number of nitrogens with zero attached hydrogens (tertiary/aromatic N) is 3. The lowest BCUT2D eigenvalue weighted by Gasteiger charge is -2.07. The molecule has 0 fully saturated rings. The van der Waals surface area contributed by atoms with Gasteiger partial charge >= 0.3 is 0 Å². The summed E-state index contributed by atoms with van der Waals surface area (Å²) in [5.74, 6) is 2.06. The molecule has 0 unspecified atom stereocenters. The van der Waals surface area contributed by atoms with Gasteiger partial charge in [-0.1, -0.05) is 5.21 Å². The number of nitrogens with two attached hydrogens (primary N) is 1. The average Bonchev–Trinajstić information content (AvgIpc) is 2.71. The van der Waals surface area contributed by atoms with Gasteiger partial charge < -0.3 is 15.2 Å². The van der Waals surface area contributed by atoms with E-state index in [4.69, 9.17) is 15.2 Å². The second-order valence-electron chi connectivity index (χ2n) is 3.81. The van der Waals surface area contributed by atoms with Crippen molar-refractivity contribution >= 4 is 5.82 Å². The SMILES string of the molecule is COc1ccc(OCCn2nnc(N)c2C)cc1. The number of benzene rings is 1. The molecule has 1 aromatic carbocycles. The summed E-state index contributed by atoms with van der Waals surface area (Å²) < 4.78 is 12.4. The van der Waals surface area contributed by atoms with E-state index in [1.807, 2.05) is 31.2 Å². The van der Waals surface area contributed by atoms with Crippen LogP contribution in [0.15, 0.2) is 24.3 Å². The van der Waals surface area contributed by atoms with Gasteiger partial charge in [0.15, 0.2) is 5.82 Å². The van der Waals surface area contributed by atoms with Crippen LogP contribution in [0.25, 0.3) is 0 Å². The van der Waals surface area contributed by atoms with E-state index < -0.39 is 0 Å². The fourth-order valence-electron chi connectivity index (χ4n) is 1.51. The van der Waals surface area contributed by atoms with Crippen molar-refractivity contribution < 1.29 is 9.47 Å². The van der Waals surface area contributed by atoms with Crippen LogP contribution >= 0.6 is 0 Å². The summed E-state index contributed by atoms with van der Waals surface area (Å²) >= 11 is 0. The quantitative estimate of drug-likeness (QED) is 0.862. The largest absolute Gasteiger partial charge is 0.497 e. The summed E-state index contributed by atoms with van der Waals surface area (Å²) in [6, 6.07) is 7.44. The number of hydrogen-bond donors (Lipinski definition) is 1. The van der Waals surface area contributed by atoms with Crippen molar-refractivity contribution in [1.82, 2.24) is 15.0 Å². The van der Waals surface area contributed by atoms with Crippen LogP contribution in [0.1, 0.15) is 5.69 Å². The van der Waals surface area contributed by atoms with Crippen LogP contribution in [0, 0.1) is 6.92 Å². The van der Waals surface area contributed by atoms with E-state index in [1.165, 1.54) is 0 Å².